The van der Waals surface area contributed by atoms with E-state index in [2.05, 4.69) is 4.98 Å². The van der Waals surface area contributed by atoms with Crippen molar-refractivity contribution in [1.82, 2.24) is 4.98 Å². The number of thioether (sulfide) groups is 1. The summed E-state index contributed by atoms with van der Waals surface area (Å²) in [5.41, 5.74) is 1.83. The number of aromatic nitrogens is 1. The van der Waals surface area contributed by atoms with E-state index in [0.29, 0.717) is 10.9 Å². The van der Waals surface area contributed by atoms with Gasteiger partial charge in [0.05, 0.1) is 11.4 Å². The number of carbonyl (C=O) groups excluding carboxylic acids is 1. The lowest BCUT2D eigenvalue weighted by Crippen LogP contribution is -2.27. The van der Waals surface area contributed by atoms with E-state index in [0.717, 1.165) is 11.3 Å². The van der Waals surface area contributed by atoms with Crippen LogP contribution in [0, 0.1) is 12.7 Å². The third-order valence-corrected chi connectivity index (χ3v) is 5.01. The highest BCUT2D eigenvalue weighted by Gasteiger charge is 2.35. The molecule has 1 unspecified atom stereocenters. The second kappa shape index (κ2) is 4.94. The molecule has 0 bridgehead atoms. The number of hydrogen-bond acceptors (Lipinski definition) is 4. The zero-order valence-electron chi connectivity index (χ0n) is 10.2. The van der Waals surface area contributed by atoms with Gasteiger partial charge in [-0.1, -0.05) is 12.1 Å². The molecule has 1 saturated heterocycles. The zero-order chi connectivity index (χ0) is 13.4. The second-order valence-corrected chi connectivity index (χ2v) is 6.16. The van der Waals surface area contributed by atoms with E-state index < -0.39 is 0 Å². The van der Waals surface area contributed by atoms with Gasteiger partial charge in [0.15, 0.2) is 5.13 Å². The highest BCUT2D eigenvalue weighted by atomic mass is 32.2. The number of halogens is 1. The summed E-state index contributed by atoms with van der Waals surface area (Å²) in [7, 11) is 0. The van der Waals surface area contributed by atoms with Gasteiger partial charge in [-0.05, 0) is 24.6 Å². The van der Waals surface area contributed by atoms with Crippen LogP contribution in [0.1, 0.15) is 16.6 Å². The van der Waals surface area contributed by atoms with Gasteiger partial charge in [0.1, 0.15) is 11.2 Å². The summed E-state index contributed by atoms with van der Waals surface area (Å²) < 4.78 is 13.0. The summed E-state index contributed by atoms with van der Waals surface area (Å²) in [5.74, 6) is 0.212. The van der Waals surface area contributed by atoms with E-state index in [1.165, 1.54) is 23.5 Å². The van der Waals surface area contributed by atoms with E-state index in [4.69, 9.17) is 0 Å². The van der Waals surface area contributed by atoms with E-state index in [-0.39, 0.29) is 17.1 Å². The molecule has 98 valence electrons. The molecule has 0 spiro atoms. The minimum atomic E-state index is -0.269. The van der Waals surface area contributed by atoms with Crippen molar-refractivity contribution in [2.45, 2.75) is 12.3 Å². The van der Waals surface area contributed by atoms with Crippen molar-refractivity contribution in [1.29, 1.82) is 0 Å². The van der Waals surface area contributed by atoms with Gasteiger partial charge in [-0.15, -0.1) is 23.1 Å². The summed E-state index contributed by atoms with van der Waals surface area (Å²) in [6.07, 6.45) is 0. The monoisotopic (exact) mass is 294 g/mol. The Labute approximate surface area is 118 Å². The Morgan fingerprint density at radius 1 is 1.37 bits per heavy atom. The first kappa shape index (κ1) is 12.6. The largest absolute Gasteiger partial charge is 0.273 e. The number of hydrogen-bond donors (Lipinski definition) is 0. The SMILES string of the molecule is Cc1csc(N2C(=O)CSC2c2ccc(F)cc2)n1. The molecule has 0 radical (unpaired) electrons. The van der Waals surface area contributed by atoms with Crippen LogP contribution in [0.15, 0.2) is 29.6 Å². The molecule has 1 fully saturated rings. The molecule has 0 saturated carbocycles. The number of benzene rings is 1. The van der Waals surface area contributed by atoms with Gasteiger partial charge in [0.2, 0.25) is 5.91 Å². The molecule has 3 nitrogen and oxygen atoms in total. The zero-order valence-corrected chi connectivity index (χ0v) is 11.8. The molecule has 1 aliphatic rings. The normalized spacial score (nSPS) is 19.2. The van der Waals surface area contributed by atoms with Crippen molar-refractivity contribution in [3.05, 3.63) is 46.7 Å². The summed E-state index contributed by atoms with van der Waals surface area (Å²) in [5, 5.41) is 2.52. The first-order chi connectivity index (χ1) is 9.15. The number of carbonyl (C=O) groups is 1. The Hall–Kier alpha value is -1.40. The minimum absolute atomic E-state index is 0.0497. The fraction of sp³-hybridized carbons (Fsp3) is 0.231. The van der Waals surface area contributed by atoms with Crippen molar-refractivity contribution in [3.63, 3.8) is 0 Å². The van der Waals surface area contributed by atoms with E-state index in [1.54, 1.807) is 28.8 Å². The minimum Gasteiger partial charge on any atom is -0.273 e. The first-order valence-electron chi connectivity index (χ1n) is 5.76. The summed E-state index contributed by atoms with van der Waals surface area (Å²) in [6.45, 7) is 1.90. The summed E-state index contributed by atoms with van der Waals surface area (Å²) in [4.78, 5) is 18.1. The molecule has 1 aromatic heterocycles. The van der Waals surface area contributed by atoms with Crippen molar-refractivity contribution in [3.8, 4) is 0 Å². The van der Waals surface area contributed by atoms with Crippen LogP contribution in [0.4, 0.5) is 9.52 Å². The van der Waals surface area contributed by atoms with Crippen LogP contribution in [0.25, 0.3) is 0 Å². The number of rotatable bonds is 2. The van der Waals surface area contributed by atoms with Gasteiger partial charge in [0, 0.05) is 5.38 Å². The van der Waals surface area contributed by atoms with Crippen molar-refractivity contribution in [2.24, 2.45) is 0 Å². The van der Waals surface area contributed by atoms with Crippen LogP contribution in [0.2, 0.25) is 0 Å². The van der Waals surface area contributed by atoms with Gasteiger partial charge < -0.3 is 0 Å². The Balaban J connectivity index is 1.96. The number of nitrogens with zero attached hydrogens (tertiary/aromatic N) is 2. The molecular formula is C13H11FN2OS2. The number of anilines is 1. The molecule has 1 amide bonds. The standard InChI is InChI=1S/C13H11FN2OS2/c1-8-6-19-13(15-8)16-11(17)7-18-12(16)9-2-4-10(14)5-3-9/h2-6,12H,7H2,1H3. The maximum absolute atomic E-state index is 13.0. The third-order valence-electron chi connectivity index (χ3n) is 2.84. The summed E-state index contributed by atoms with van der Waals surface area (Å²) in [6, 6.07) is 6.28. The molecule has 19 heavy (non-hydrogen) atoms. The Bertz CT molecular complexity index is 611. The Morgan fingerprint density at radius 3 is 2.74 bits per heavy atom. The molecule has 1 atom stereocenters. The molecule has 2 aromatic rings. The van der Waals surface area contributed by atoms with Crippen LogP contribution in [-0.4, -0.2) is 16.6 Å². The van der Waals surface area contributed by atoms with E-state index in [9.17, 15) is 9.18 Å². The van der Waals surface area contributed by atoms with Gasteiger partial charge in [-0.2, -0.15) is 0 Å². The molecule has 1 aliphatic heterocycles. The molecule has 0 aliphatic carbocycles. The molecule has 6 heteroatoms. The van der Waals surface area contributed by atoms with Gasteiger partial charge in [0.25, 0.3) is 0 Å². The van der Waals surface area contributed by atoms with Crippen LogP contribution in [-0.2, 0) is 4.79 Å². The average molecular weight is 294 g/mol. The molecular weight excluding hydrogens is 283 g/mol. The van der Waals surface area contributed by atoms with Crippen molar-refractivity contribution >= 4 is 34.1 Å². The number of amides is 1. The lowest BCUT2D eigenvalue weighted by molar-refractivity contribution is -0.115. The summed E-state index contributed by atoms with van der Waals surface area (Å²) >= 11 is 3.00. The van der Waals surface area contributed by atoms with Crippen LogP contribution in [0.5, 0.6) is 0 Å². The topological polar surface area (TPSA) is 33.2 Å². The maximum Gasteiger partial charge on any atom is 0.240 e. The molecule has 0 N–H and O–H groups in total. The first-order valence-corrected chi connectivity index (χ1v) is 7.69. The fourth-order valence-electron chi connectivity index (χ4n) is 1.96. The van der Waals surface area contributed by atoms with Crippen LogP contribution in [0.3, 0.4) is 0 Å². The molecule has 2 heterocycles. The second-order valence-electron chi connectivity index (χ2n) is 4.25. The number of aryl methyl sites for hydroxylation is 1. The van der Waals surface area contributed by atoms with Crippen molar-refractivity contribution < 1.29 is 9.18 Å². The fourth-order valence-corrected chi connectivity index (χ4v) is 4.03. The average Bonchev–Trinajstić information content (AvgIpc) is 2.96. The smallest absolute Gasteiger partial charge is 0.240 e. The van der Waals surface area contributed by atoms with Gasteiger partial charge in [-0.25, -0.2) is 9.37 Å². The molecule has 3 rings (SSSR count). The highest BCUT2D eigenvalue weighted by Crippen LogP contribution is 2.42. The van der Waals surface area contributed by atoms with Crippen LogP contribution >= 0.6 is 23.1 Å². The van der Waals surface area contributed by atoms with E-state index in [1.807, 2.05) is 12.3 Å². The maximum atomic E-state index is 13.0. The van der Waals surface area contributed by atoms with Gasteiger partial charge >= 0.3 is 0 Å². The van der Waals surface area contributed by atoms with Crippen molar-refractivity contribution in [2.75, 3.05) is 10.7 Å². The van der Waals surface area contributed by atoms with Crippen LogP contribution < -0.4 is 4.90 Å². The van der Waals surface area contributed by atoms with Gasteiger partial charge in [-0.3, -0.25) is 9.69 Å². The van der Waals surface area contributed by atoms with E-state index >= 15 is 0 Å². The Kier molecular flexibility index (Phi) is 3.28. The quantitative estimate of drug-likeness (QED) is 0.851. The highest BCUT2D eigenvalue weighted by molar-refractivity contribution is 8.00. The Morgan fingerprint density at radius 2 is 2.11 bits per heavy atom. The number of thiazole rings is 1. The predicted molar refractivity (Wildman–Crippen MR) is 75.9 cm³/mol. The molecule has 1 aromatic carbocycles. The third kappa shape index (κ3) is 2.37. The predicted octanol–water partition coefficient (Wildman–Crippen LogP) is 3.37. The lowest BCUT2D eigenvalue weighted by Gasteiger charge is -2.21. The lowest BCUT2D eigenvalue weighted by atomic mass is 10.2.